The number of carbonyl (C=O) groups is 3. The third kappa shape index (κ3) is 13.4. The normalized spacial score (nSPS) is 14.6. The number of rotatable bonds is 25. The molecule has 278 valence electrons. The first-order chi connectivity index (χ1) is 23.7. The first kappa shape index (κ1) is 44.6. The Kier molecular flexibility index (Phi) is 20.7. The summed E-state index contributed by atoms with van der Waals surface area (Å²) in [6.07, 6.45) is 17.3. The zero-order valence-electron chi connectivity index (χ0n) is 32.9. The van der Waals surface area contributed by atoms with Gasteiger partial charge in [-0.3, -0.25) is 14.4 Å². The number of unbranched alkanes of at least 4 members (excludes halogenated alkanes) is 4. The number of ketones is 2. The van der Waals surface area contributed by atoms with Crippen LogP contribution in [0.2, 0.25) is 0 Å². The smallest absolute Gasteiger partial charge is 0.311 e. The lowest BCUT2D eigenvalue weighted by molar-refractivity contribution is -0.134. The van der Waals surface area contributed by atoms with Crippen LogP contribution in [-0.2, 0) is 14.4 Å². The lowest BCUT2D eigenvalue weighted by Crippen LogP contribution is -2.29. The molecule has 1 aromatic rings. The number of aliphatic hydroxyl groups excluding tert-OH is 1. The van der Waals surface area contributed by atoms with Gasteiger partial charge in [0.05, 0.1) is 17.7 Å². The van der Waals surface area contributed by atoms with Crippen LogP contribution in [0.3, 0.4) is 0 Å². The maximum absolute atomic E-state index is 13.0. The minimum absolute atomic E-state index is 0.116. The Labute approximate surface area is 304 Å². The molecule has 50 heavy (non-hydrogen) atoms. The predicted octanol–water partition coefficient (Wildman–Crippen LogP) is 11.4. The number of hydrogen-bond acceptors (Lipinski definition) is 6. The molecule has 0 aliphatic rings. The Morgan fingerprint density at radius 2 is 1.60 bits per heavy atom. The molecule has 0 spiro atoms. The number of Topliss-reactive ketones (excluding diaryl/α,β-unsaturated/α-hetero) is 2. The van der Waals surface area contributed by atoms with Gasteiger partial charge in [0.25, 0.3) is 0 Å². The molecule has 1 rings (SSSR count). The Hall–Kier alpha value is -3.38. The van der Waals surface area contributed by atoms with Crippen molar-refractivity contribution in [2.45, 2.75) is 152 Å². The molecule has 2 N–H and O–H groups in total. The zero-order chi connectivity index (χ0) is 37.9. The summed E-state index contributed by atoms with van der Waals surface area (Å²) in [5.41, 5.74) is 4.03. The fourth-order valence-electron chi connectivity index (χ4n) is 6.79. The molecule has 0 saturated heterocycles. The van der Waals surface area contributed by atoms with Gasteiger partial charge in [-0.25, -0.2) is 0 Å². The molecular formula is C44H67NO5. The van der Waals surface area contributed by atoms with Crippen molar-refractivity contribution in [3.8, 4) is 5.75 Å². The number of benzene rings is 1. The number of esters is 1. The molecular weight excluding hydrogens is 622 g/mol. The summed E-state index contributed by atoms with van der Waals surface area (Å²) in [5, 5.41) is 19.5. The molecule has 0 aliphatic heterocycles. The number of aliphatic hydroxyl groups is 1. The lowest BCUT2D eigenvalue weighted by atomic mass is 9.73. The van der Waals surface area contributed by atoms with Gasteiger partial charge in [-0.2, -0.15) is 0 Å². The zero-order valence-corrected chi connectivity index (χ0v) is 32.9. The first-order valence-electron chi connectivity index (χ1n) is 19.0. The highest BCUT2D eigenvalue weighted by atomic mass is 16.5. The molecule has 6 nitrogen and oxygen atoms in total. The van der Waals surface area contributed by atoms with Gasteiger partial charge < -0.3 is 15.3 Å². The Bertz CT molecular complexity index is 1410. The van der Waals surface area contributed by atoms with Crippen LogP contribution in [0.25, 0.3) is 5.57 Å². The van der Waals surface area contributed by atoms with Crippen LogP contribution < -0.4 is 4.74 Å². The summed E-state index contributed by atoms with van der Waals surface area (Å²) >= 11 is 0. The van der Waals surface area contributed by atoms with Crippen molar-refractivity contribution < 1.29 is 24.2 Å². The Morgan fingerprint density at radius 1 is 0.940 bits per heavy atom. The molecule has 0 fully saturated rings. The monoisotopic (exact) mass is 690 g/mol. The van der Waals surface area contributed by atoms with E-state index in [0.717, 1.165) is 35.1 Å². The van der Waals surface area contributed by atoms with Gasteiger partial charge in [-0.15, -0.1) is 6.58 Å². The summed E-state index contributed by atoms with van der Waals surface area (Å²) in [4.78, 5) is 38.4. The number of ether oxygens (including phenoxy) is 1. The largest absolute Gasteiger partial charge is 0.427 e. The fourth-order valence-corrected chi connectivity index (χ4v) is 6.79. The van der Waals surface area contributed by atoms with E-state index in [9.17, 15) is 24.9 Å². The van der Waals surface area contributed by atoms with Gasteiger partial charge in [-0.1, -0.05) is 97.3 Å². The second kappa shape index (κ2) is 23.2. The molecule has 1 aromatic carbocycles. The summed E-state index contributed by atoms with van der Waals surface area (Å²) in [7, 11) is 0. The van der Waals surface area contributed by atoms with E-state index in [0.29, 0.717) is 48.5 Å². The highest BCUT2D eigenvalue weighted by Gasteiger charge is 2.34. The van der Waals surface area contributed by atoms with Gasteiger partial charge >= 0.3 is 5.97 Å². The topological polar surface area (TPSA) is 105 Å². The summed E-state index contributed by atoms with van der Waals surface area (Å²) < 4.78 is 5.87. The summed E-state index contributed by atoms with van der Waals surface area (Å²) in [5.74, 6) is 0.492. The second-order valence-electron chi connectivity index (χ2n) is 14.1. The third-order valence-electron chi connectivity index (χ3n) is 10.3. The Balaban J connectivity index is 3.41. The Morgan fingerprint density at radius 3 is 2.14 bits per heavy atom. The molecule has 2 atom stereocenters. The standard InChI is InChI=1S/C44H67NO5/c1-11-16-17-18-19-23-35(21-12-2)24-20-25-42(49)50-36-27-26-31(6)39(29-36)37(14-4)38(22-13-3)43(45)32(7)28-41(40(30-46)33(8)47)44(10,15-5)34(9)48/h13,26-29,35,45-46H,3,11-12,14-25,30H2,1-2,4-10H3/b32-28+,38-37-,41-40+,45-43?. The van der Waals surface area contributed by atoms with E-state index in [1.54, 1.807) is 26.0 Å². The molecule has 0 heterocycles. The number of allylic oxidation sites excluding steroid dienone is 6. The number of hydrogen-bond donors (Lipinski definition) is 2. The molecule has 0 aliphatic carbocycles. The first-order valence-corrected chi connectivity index (χ1v) is 19.0. The maximum atomic E-state index is 13.0. The average Bonchev–Trinajstić information content (AvgIpc) is 3.08. The molecule has 0 aromatic heterocycles. The van der Waals surface area contributed by atoms with Crippen LogP contribution in [0, 0.1) is 23.7 Å². The predicted molar refractivity (Wildman–Crippen MR) is 210 cm³/mol. The van der Waals surface area contributed by atoms with E-state index in [2.05, 4.69) is 20.4 Å². The van der Waals surface area contributed by atoms with Gasteiger partial charge in [0.2, 0.25) is 0 Å². The van der Waals surface area contributed by atoms with E-state index in [-0.39, 0.29) is 28.8 Å². The number of carbonyl (C=O) groups excluding carboxylic acids is 3. The van der Waals surface area contributed by atoms with Gasteiger partial charge in [0, 0.05) is 12.0 Å². The number of aryl methyl sites for hydroxylation is 1. The van der Waals surface area contributed by atoms with Crippen LogP contribution in [0.4, 0.5) is 0 Å². The van der Waals surface area contributed by atoms with Crippen molar-refractivity contribution in [1.29, 1.82) is 5.41 Å². The molecule has 2 unspecified atom stereocenters. The lowest BCUT2D eigenvalue weighted by Gasteiger charge is -2.29. The molecule has 6 heteroatoms. The quantitative estimate of drug-likeness (QED) is 0.0202. The van der Waals surface area contributed by atoms with Crippen LogP contribution in [0.15, 0.2) is 59.2 Å². The van der Waals surface area contributed by atoms with Crippen LogP contribution in [-0.4, -0.2) is 35.0 Å². The van der Waals surface area contributed by atoms with Gasteiger partial charge in [-0.05, 0) is 118 Å². The van der Waals surface area contributed by atoms with Crippen LogP contribution in [0.1, 0.15) is 156 Å². The summed E-state index contributed by atoms with van der Waals surface area (Å²) in [6.45, 7) is 20.3. The van der Waals surface area contributed by atoms with Crippen molar-refractivity contribution in [1.82, 2.24) is 0 Å². The number of nitrogens with one attached hydrogen (secondary N) is 1. The second-order valence-corrected chi connectivity index (χ2v) is 14.1. The minimum atomic E-state index is -0.999. The molecule has 0 bridgehead atoms. The SMILES string of the molecule is C=CC/C(C(=N)/C(C)=C/C(=C(/CO)C(C)=O)C(C)(CC)C(C)=O)=C(\CC)c1cc(OC(=O)CCCC(CCC)CCCCCCC)ccc1C. The molecule has 0 saturated carbocycles. The van der Waals surface area contributed by atoms with Gasteiger partial charge in [0.15, 0.2) is 5.78 Å². The van der Waals surface area contributed by atoms with E-state index in [1.165, 1.54) is 65.2 Å². The van der Waals surface area contributed by atoms with Crippen molar-refractivity contribution in [3.63, 3.8) is 0 Å². The summed E-state index contributed by atoms with van der Waals surface area (Å²) in [6, 6.07) is 5.67. The van der Waals surface area contributed by atoms with E-state index in [1.807, 2.05) is 39.0 Å². The molecule has 0 amide bonds. The van der Waals surface area contributed by atoms with Crippen molar-refractivity contribution in [2.24, 2.45) is 11.3 Å². The van der Waals surface area contributed by atoms with Gasteiger partial charge in [0.1, 0.15) is 11.5 Å². The van der Waals surface area contributed by atoms with Crippen molar-refractivity contribution in [2.75, 3.05) is 6.61 Å². The van der Waals surface area contributed by atoms with Crippen molar-refractivity contribution >= 4 is 28.8 Å². The third-order valence-corrected chi connectivity index (χ3v) is 10.3. The molecule has 0 radical (unpaired) electrons. The minimum Gasteiger partial charge on any atom is -0.427 e. The highest BCUT2D eigenvalue weighted by molar-refractivity contribution is 6.15. The van der Waals surface area contributed by atoms with Crippen molar-refractivity contribution in [3.05, 3.63) is 70.3 Å². The van der Waals surface area contributed by atoms with E-state index < -0.39 is 12.0 Å². The maximum Gasteiger partial charge on any atom is 0.311 e. The highest BCUT2D eigenvalue weighted by Crippen LogP contribution is 2.38. The van der Waals surface area contributed by atoms with Crippen LogP contribution in [0.5, 0.6) is 5.75 Å². The fraction of sp³-hybridized carbons (Fsp3) is 0.591. The van der Waals surface area contributed by atoms with Crippen LogP contribution >= 0.6 is 0 Å². The average molecular weight is 690 g/mol. The van der Waals surface area contributed by atoms with E-state index in [4.69, 9.17) is 4.74 Å². The van der Waals surface area contributed by atoms with E-state index >= 15 is 0 Å².